The Labute approximate surface area is 144 Å². The molecule has 0 fully saturated rings. The molecule has 136 valence electrons. The SMILES string of the molecule is CCCCCCCOc1ccc(C(=O)OCCCCCOO)cc1. The second-order valence-corrected chi connectivity index (χ2v) is 5.82. The summed E-state index contributed by atoms with van der Waals surface area (Å²) >= 11 is 0. The molecule has 0 radical (unpaired) electrons. The van der Waals surface area contributed by atoms with Crippen LogP contribution in [0.4, 0.5) is 0 Å². The molecule has 5 heteroatoms. The number of carbonyl (C=O) groups excluding carboxylic acids is 1. The second kappa shape index (κ2) is 13.8. The van der Waals surface area contributed by atoms with E-state index < -0.39 is 0 Å². The molecule has 0 aliphatic rings. The average molecular weight is 338 g/mol. The van der Waals surface area contributed by atoms with E-state index in [0.717, 1.165) is 31.4 Å². The van der Waals surface area contributed by atoms with E-state index in [1.54, 1.807) is 24.3 Å². The van der Waals surface area contributed by atoms with Crippen molar-refractivity contribution in [1.29, 1.82) is 0 Å². The van der Waals surface area contributed by atoms with Crippen LogP contribution < -0.4 is 4.74 Å². The van der Waals surface area contributed by atoms with Crippen molar-refractivity contribution in [3.63, 3.8) is 0 Å². The van der Waals surface area contributed by atoms with Gasteiger partial charge in [-0.25, -0.2) is 9.68 Å². The van der Waals surface area contributed by atoms with Gasteiger partial charge in [-0.15, -0.1) is 0 Å². The van der Waals surface area contributed by atoms with Crippen LogP contribution in [0.25, 0.3) is 0 Å². The van der Waals surface area contributed by atoms with E-state index in [0.29, 0.717) is 25.4 Å². The van der Waals surface area contributed by atoms with E-state index in [2.05, 4.69) is 11.8 Å². The van der Waals surface area contributed by atoms with Crippen LogP contribution in [0.5, 0.6) is 5.75 Å². The zero-order chi connectivity index (χ0) is 17.5. The molecular formula is C19H30O5. The Morgan fingerprint density at radius 3 is 2.21 bits per heavy atom. The minimum absolute atomic E-state index is 0.314. The minimum Gasteiger partial charge on any atom is -0.494 e. The van der Waals surface area contributed by atoms with E-state index >= 15 is 0 Å². The van der Waals surface area contributed by atoms with Gasteiger partial charge < -0.3 is 9.47 Å². The second-order valence-electron chi connectivity index (χ2n) is 5.82. The third-order valence-corrected chi connectivity index (χ3v) is 3.72. The van der Waals surface area contributed by atoms with Crippen molar-refractivity contribution < 1.29 is 24.4 Å². The molecule has 1 N–H and O–H groups in total. The first-order valence-electron chi connectivity index (χ1n) is 8.94. The number of ether oxygens (including phenoxy) is 2. The van der Waals surface area contributed by atoms with Crippen LogP contribution in [-0.2, 0) is 9.62 Å². The van der Waals surface area contributed by atoms with Crippen molar-refractivity contribution in [2.24, 2.45) is 0 Å². The van der Waals surface area contributed by atoms with Crippen LogP contribution in [-0.4, -0.2) is 31.0 Å². The summed E-state index contributed by atoms with van der Waals surface area (Å²) in [6.07, 6.45) is 8.40. The van der Waals surface area contributed by atoms with Crippen molar-refractivity contribution >= 4 is 5.97 Å². The van der Waals surface area contributed by atoms with Gasteiger partial charge in [0, 0.05) is 0 Å². The van der Waals surface area contributed by atoms with E-state index in [4.69, 9.17) is 14.7 Å². The van der Waals surface area contributed by atoms with E-state index in [1.807, 2.05) is 0 Å². The highest BCUT2D eigenvalue weighted by Crippen LogP contribution is 2.14. The lowest BCUT2D eigenvalue weighted by Crippen LogP contribution is -2.07. The number of esters is 1. The Morgan fingerprint density at radius 1 is 0.875 bits per heavy atom. The molecule has 5 nitrogen and oxygen atoms in total. The molecule has 0 heterocycles. The number of unbranched alkanes of at least 4 members (excludes halogenated alkanes) is 6. The summed E-state index contributed by atoms with van der Waals surface area (Å²) < 4.78 is 10.9. The molecule has 0 aliphatic carbocycles. The highest BCUT2D eigenvalue weighted by molar-refractivity contribution is 5.89. The van der Waals surface area contributed by atoms with Crippen LogP contribution in [0, 0.1) is 0 Å². The summed E-state index contributed by atoms with van der Waals surface area (Å²) in [5, 5.41) is 8.19. The number of rotatable bonds is 14. The molecule has 1 aromatic carbocycles. The molecule has 1 rings (SSSR count). The van der Waals surface area contributed by atoms with Crippen molar-refractivity contribution in [3.8, 4) is 5.75 Å². The summed E-state index contributed by atoms with van der Waals surface area (Å²) in [6.45, 7) is 3.61. The zero-order valence-electron chi connectivity index (χ0n) is 14.7. The van der Waals surface area contributed by atoms with Crippen LogP contribution in [0.1, 0.15) is 68.6 Å². The van der Waals surface area contributed by atoms with Crippen LogP contribution in [0.15, 0.2) is 24.3 Å². The monoisotopic (exact) mass is 338 g/mol. The lowest BCUT2D eigenvalue weighted by Gasteiger charge is -2.08. The highest BCUT2D eigenvalue weighted by atomic mass is 17.1. The van der Waals surface area contributed by atoms with Crippen molar-refractivity contribution in [2.75, 3.05) is 19.8 Å². The first kappa shape index (κ1) is 20.5. The smallest absolute Gasteiger partial charge is 0.338 e. The van der Waals surface area contributed by atoms with Crippen molar-refractivity contribution in [1.82, 2.24) is 0 Å². The van der Waals surface area contributed by atoms with Gasteiger partial charge in [0.1, 0.15) is 5.75 Å². The van der Waals surface area contributed by atoms with Gasteiger partial charge in [0.05, 0.1) is 25.4 Å². The van der Waals surface area contributed by atoms with Gasteiger partial charge in [0.2, 0.25) is 0 Å². The molecule has 0 atom stereocenters. The molecule has 0 bridgehead atoms. The fourth-order valence-electron chi connectivity index (χ4n) is 2.28. The topological polar surface area (TPSA) is 65.0 Å². The van der Waals surface area contributed by atoms with E-state index in [1.165, 1.54) is 25.7 Å². The van der Waals surface area contributed by atoms with Crippen LogP contribution in [0.3, 0.4) is 0 Å². The number of hydrogen-bond acceptors (Lipinski definition) is 5. The highest BCUT2D eigenvalue weighted by Gasteiger charge is 2.07. The lowest BCUT2D eigenvalue weighted by molar-refractivity contribution is -0.242. The molecule has 0 aromatic heterocycles. The first-order valence-corrected chi connectivity index (χ1v) is 8.94. The molecule has 0 spiro atoms. The number of benzene rings is 1. The standard InChI is InChI=1S/C19H30O5/c1-2-3-4-5-7-14-22-18-12-10-17(11-13-18)19(20)23-15-8-6-9-16-24-21/h10-13,21H,2-9,14-16H2,1H3. The van der Waals surface area contributed by atoms with Crippen LogP contribution in [0.2, 0.25) is 0 Å². The maximum absolute atomic E-state index is 11.9. The summed E-state index contributed by atoms with van der Waals surface area (Å²) in [7, 11) is 0. The largest absolute Gasteiger partial charge is 0.494 e. The Bertz CT molecular complexity index is 430. The quantitative estimate of drug-likeness (QED) is 0.227. The van der Waals surface area contributed by atoms with Gasteiger partial charge in [0.15, 0.2) is 0 Å². The number of carbonyl (C=O) groups is 1. The predicted octanol–water partition coefficient (Wildman–Crippen LogP) is 4.85. The van der Waals surface area contributed by atoms with Gasteiger partial charge >= 0.3 is 5.97 Å². The summed E-state index contributed by atoms with van der Waals surface area (Å²) in [5.74, 6) is 0.463. The van der Waals surface area contributed by atoms with E-state index in [9.17, 15) is 4.79 Å². The maximum atomic E-state index is 11.9. The fraction of sp³-hybridized carbons (Fsp3) is 0.632. The molecule has 0 amide bonds. The molecule has 24 heavy (non-hydrogen) atoms. The predicted molar refractivity (Wildman–Crippen MR) is 93.4 cm³/mol. The Kier molecular flexibility index (Phi) is 11.8. The Hall–Kier alpha value is -1.59. The maximum Gasteiger partial charge on any atom is 0.338 e. The molecule has 0 saturated heterocycles. The van der Waals surface area contributed by atoms with Gasteiger partial charge in [-0.2, -0.15) is 0 Å². The summed E-state index contributed by atoms with van der Waals surface area (Å²) in [6, 6.07) is 7.07. The Morgan fingerprint density at radius 2 is 1.50 bits per heavy atom. The number of hydrogen-bond donors (Lipinski definition) is 1. The zero-order valence-corrected chi connectivity index (χ0v) is 14.7. The molecule has 1 aromatic rings. The van der Waals surface area contributed by atoms with Crippen LogP contribution >= 0.6 is 0 Å². The third-order valence-electron chi connectivity index (χ3n) is 3.72. The molecule has 0 aliphatic heterocycles. The fourth-order valence-corrected chi connectivity index (χ4v) is 2.28. The first-order chi connectivity index (χ1) is 11.8. The lowest BCUT2D eigenvalue weighted by atomic mass is 10.2. The van der Waals surface area contributed by atoms with Gasteiger partial charge in [-0.3, -0.25) is 5.26 Å². The van der Waals surface area contributed by atoms with Gasteiger partial charge in [-0.05, 0) is 49.9 Å². The minimum atomic E-state index is -0.320. The summed E-state index contributed by atoms with van der Waals surface area (Å²) in [4.78, 5) is 15.9. The molecule has 0 unspecified atom stereocenters. The molecule has 0 saturated carbocycles. The van der Waals surface area contributed by atoms with Gasteiger partial charge in [-0.1, -0.05) is 32.6 Å². The Balaban J connectivity index is 2.17. The normalized spacial score (nSPS) is 10.6. The van der Waals surface area contributed by atoms with Crippen molar-refractivity contribution in [3.05, 3.63) is 29.8 Å². The van der Waals surface area contributed by atoms with Crippen molar-refractivity contribution in [2.45, 2.75) is 58.3 Å². The molecular weight excluding hydrogens is 308 g/mol. The average Bonchev–Trinajstić information content (AvgIpc) is 2.61. The summed E-state index contributed by atoms with van der Waals surface area (Å²) in [5.41, 5.74) is 0.531. The van der Waals surface area contributed by atoms with E-state index in [-0.39, 0.29) is 5.97 Å². The third kappa shape index (κ3) is 9.53. The van der Waals surface area contributed by atoms with Gasteiger partial charge in [0.25, 0.3) is 0 Å².